The van der Waals surface area contributed by atoms with Crippen LogP contribution < -0.4 is 0 Å². The smallest absolute Gasteiger partial charge is 0.331 e. The standard InChI is InChI=1S/C20H16N4O3S/c25-19(26-13-18-22-20(23-27-18)17-8-9-28-14-17)7-6-16-10-21-24(12-16)11-15-4-2-1-3-5-15/h1-10,12,14H,11,13H2/b7-6+. The second kappa shape index (κ2) is 8.45. The minimum atomic E-state index is -0.494. The highest BCUT2D eigenvalue weighted by Crippen LogP contribution is 2.18. The Balaban J connectivity index is 1.28. The van der Waals surface area contributed by atoms with Crippen LogP contribution in [0.2, 0.25) is 0 Å². The van der Waals surface area contributed by atoms with Gasteiger partial charge in [-0.25, -0.2) is 4.79 Å². The zero-order chi connectivity index (χ0) is 19.2. The molecule has 0 saturated heterocycles. The SMILES string of the molecule is O=C(/C=C/c1cnn(Cc2ccccc2)c1)OCc1nc(-c2ccsc2)no1. The third-order valence-electron chi connectivity index (χ3n) is 3.84. The molecule has 0 aliphatic carbocycles. The molecule has 0 N–H and O–H groups in total. The van der Waals surface area contributed by atoms with E-state index in [1.54, 1.807) is 23.6 Å². The number of thiophene rings is 1. The van der Waals surface area contributed by atoms with Crippen molar-refractivity contribution in [3.63, 3.8) is 0 Å². The number of rotatable bonds is 7. The molecule has 4 rings (SSSR count). The Morgan fingerprint density at radius 2 is 2.14 bits per heavy atom. The first-order chi connectivity index (χ1) is 13.8. The van der Waals surface area contributed by atoms with Crippen LogP contribution in [0.1, 0.15) is 17.0 Å². The van der Waals surface area contributed by atoms with Gasteiger partial charge in [0.05, 0.1) is 12.7 Å². The fraction of sp³-hybridized carbons (Fsp3) is 0.100. The van der Waals surface area contributed by atoms with E-state index in [0.29, 0.717) is 12.4 Å². The first kappa shape index (κ1) is 17.9. The van der Waals surface area contributed by atoms with Gasteiger partial charge in [-0.05, 0) is 23.1 Å². The lowest BCUT2D eigenvalue weighted by Crippen LogP contribution is -2.01. The van der Waals surface area contributed by atoms with E-state index in [1.165, 1.54) is 6.08 Å². The third kappa shape index (κ3) is 4.60. The van der Waals surface area contributed by atoms with Crippen LogP contribution in [0.25, 0.3) is 17.5 Å². The molecular formula is C20H16N4O3S. The predicted octanol–water partition coefficient (Wildman–Crippen LogP) is 3.80. The molecule has 7 nitrogen and oxygen atoms in total. The van der Waals surface area contributed by atoms with E-state index in [4.69, 9.17) is 9.26 Å². The Kier molecular flexibility index (Phi) is 5.39. The number of esters is 1. The first-order valence-corrected chi connectivity index (χ1v) is 9.47. The zero-order valence-electron chi connectivity index (χ0n) is 14.8. The second-order valence-corrected chi connectivity index (χ2v) is 6.70. The van der Waals surface area contributed by atoms with Crippen molar-refractivity contribution in [2.75, 3.05) is 0 Å². The van der Waals surface area contributed by atoms with Gasteiger partial charge in [0, 0.05) is 28.8 Å². The molecule has 0 atom stereocenters. The number of hydrogen-bond donors (Lipinski definition) is 0. The maximum atomic E-state index is 11.9. The van der Waals surface area contributed by atoms with Crippen molar-refractivity contribution in [1.29, 1.82) is 0 Å². The molecule has 140 valence electrons. The summed E-state index contributed by atoms with van der Waals surface area (Å²) in [5.74, 6) is 0.235. The number of carbonyl (C=O) groups is 1. The zero-order valence-corrected chi connectivity index (χ0v) is 15.6. The molecule has 0 fully saturated rings. The topological polar surface area (TPSA) is 83.0 Å². The van der Waals surface area contributed by atoms with E-state index < -0.39 is 5.97 Å². The number of ether oxygens (including phenoxy) is 1. The average molecular weight is 392 g/mol. The first-order valence-electron chi connectivity index (χ1n) is 8.52. The largest absolute Gasteiger partial charge is 0.452 e. The van der Waals surface area contributed by atoms with Gasteiger partial charge < -0.3 is 9.26 Å². The molecule has 0 saturated carbocycles. The highest BCUT2D eigenvalue weighted by molar-refractivity contribution is 7.08. The van der Waals surface area contributed by atoms with Crippen LogP contribution in [0.15, 0.2) is 70.2 Å². The summed E-state index contributed by atoms with van der Waals surface area (Å²) in [7, 11) is 0. The van der Waals surface area contributed by atoms with Crippen molar-refractivity contribution in [2.45, 2.75) is 13.2 Å². The van der Waals surface area contributed by atoms with Crippen LogP contribution in [0, 0.1) is 0 Å². The Hall–Kier alpha value is -3.52. The third-order valence-corrected chi connectivity index (χ3v) is 4.52. The quantitative estimate of drug-likeness (QED) is 0.351. The van der Waals surface area contributed by atoms with E-state index >= 15 is 0 Å². The molecule has 3 aromatic heterocycles. The molecular weight excluding hydrogens is 376 g/mol. The van der Waals surface area contributed by atoms with E-state index in [0.717, 1.165) is 16.7 Å². The highest BCUT2D eigenvalue weighted by Gasteiger charge is 2.10. The van der Waals surface area contributed by atoms with Crippen molar-refractivity contribution in [3.8, 4) is 11.4 Å². The molecule has 3 heterocycles. The molecule has 28 heavy (non-hydrogen) atoms. The van der Waals surface area contributed by atoms with Gasteiger partial charge in [-0.2, -0.15) is 21.4 Å². The lowest BCUT2D eigenvalue weighted by Gasteiger charge is -2.00. The Morgan fingerprint density at radius 1 is 1.25 bits per heavy atom. The summed E-state index contributed by atoms with van der Waals surface area (Å²) < 4.78 is 12.0. The number of benzene rings is 1. The fourth-order valence-electron chi connectivity index (χ4n) is 2.49. The Morgan fingerprint density at radius 3 is 2.96 bits per heavy atom. The summed E-state index contributed by atoms with van der Waals surface area (Å²) in [4.78, 5) is 16.1. The Labute approximate surface area is 164 Å². The van der Waals surface area contributed by atoms with Gasteiger partial charge in [0.25, 0.3) is 5.89 Å². The molecule has 0 aliphatic rings. The molecule has 1 aromatic carbocycles. The van der Waals surface area contributed by atoms with Gasteiger partial charge in [-0.1, -0.05) is 35.5 Å². The molecule has 0 radical (unpaired) electrons. The molecule has 0 unspecified atom stereocenters. The minimum absolute atomic E-state index is 0.0758. The van der Waals surface area contributed by atoms with Crippen LogP contribution in [0.4, 0.5) is 0 Å². The summed E-state index contributed by atoms with van der Waals surface area (Å²) in [6.07, 6.45) is 6.56. The summed E-state index contributed by atoms with van der Waals surface area (Å²) in [5.41, 5.74) is 2.84. The highest BCUT2D eigenvalue weighted by atomic mass is 32.1. The van der Waals surface area contributed by atoms with Crippen LogP contribution in [0.5, 0.6) is 0 Å². The number of nitrogens with zero attached hydrogens (tertiary/aromatic N) is 4. The van der Waals surface area contributed by atoms with Crippen molar-refractivity contribution in [1.82, 2.24) is 19.9 Å². The number of carbonyl (C=O) groups excluding carboxylic acids is 1. The predicted molar refractivity (Wildman–Crippen MR) is 104 cm³/mol. The molecule has 0 spiro atoms. The van der Waals surface area contributed by atoms with E-state index in [1.807, 2.05) is 58.0 Å². The monoisotopic (exact) mass is 392 g/mol. The van der Waals surface area contributed by atoms with E-state index in [9.17, 15) is 4.79 Å². The van der Waals surface area contributed by atoms with Crippen molar-refractivity contribution < 1.29 is 14.1 Å². The second-order valence-electron chi connectivity index (χ2n) is 5.92. The van der Waals surface area contributed by atoms with Gasteiger partial charge >= 0.3 is 5.97 Å². The van der Waals surface area contributed by atoms with E-state index in [2.05, 4.69) is 15.2 Å². The van der Waals surface area contributed by atoms with Gasteiger partial charge in [0.1, 0.15) is 0 Å². The van der Waals surface area contributed by atoms with Crippen LogP contribution in [-0.2, 0) is 22.7 Å². The van der Waals surface area contributed by atoms with E-state index in [-0.39, 0.29) is 12.5 Å². The normalized spacial score (nSPS) is 11.1. The fourth-order valence-corrected chi connectivity index (χ4v) is 3.12. The summed E-state index contributed by atoms with van der Waals surface area (Å²) in [6.45, 7) is 0.594. The lowest BCUT2D eigenvalue weighted by molar-refractivity contribution is -0.139. The van der Waals surface area contributed by atoms with Gasteiger partial charge in [0.2, 0.25) is 5.82 Å². The van der Waals surface area contributed by atoms with Gasteiger partial charge in [-0.3, -0.25) is 4.68 Å². The molecule has 0 bridgehead atoms. The van der Waals surface area contributed by atoms with Gasteiger partial charge in [0.15, 0.2) is 6.61 Å². The van der Waals surface area contributed by atoms with Crippen molar-refractivity contribution in [3.05, 3.63) is 82.6 Å². The molecule has 4 aromatic rings. The Bertz CT molecular complexity index is 1070. The summed E-state index contributed by atoms with van der Waals surface area (Å²) in [5, 5.41) is 12.0. The molecule has 0 amide bonds. The summed E-state index contributed by atoms with van der Waals surface area (Å²) in [6, 6.07) is 11.9. The maximum Gasteiger partial charge on any atom is 0.331 e. The van der Waals surface area contributed by atoms with Crippen molar-refractivity contribution in [2.24, 2.45) is 0 Å². The lowest BCUT2D eigenvalue weighted by atomic mass is 10.2. The van der Waals surface area contributed by atoms with Gasteiger partial charge in [-0.15, -0.1) is 0 Å². The minimum Gasteiger partial charge on any atom is -0.452 e. The number of hydrogen-bond acceptors (Lipinski definition) is 7. The maximum absolute atomic E-state index is 11.9. The van der Waals surface area contributed by atoms with Crippen LogP contribution >= 0.6 is 11.3 Å². The van der Waals surface area contributed by atoms with Crippen molar-refractivity contribution >= 4 is 23.4 Å². The molecule has 0 aliphatic heterocycles. The van der Waals surface area contributed by atoms with Crippen LogP contribution in [-0.4, -0.2) is 25.9 Å². The number of aromatic nitrogens is 4. The van der Waals surface area contributed by atoms with Crippen LogP contribution in [0.3, 0.4) is 0 Å². The summed E-state index contributed by atoms with van der Waals surface area (Å²) >= 11 is 1.55. The average Bonchev–Trinajstić information content (AvgIpc) is 3.47. The molecule has 8 heteroatoms.